The lowest BCUT2D eigenvalue weighted by molar-refractivity contribution is 0.406. The molecule has 0 radical (unpaired) electrons. The molecule has 96 valence electrons. The molecule has 0 fully saturated rings. The minimum Gasteiger partial charge on any atom is -0.451 e. The summed E-state index contributed by atoms with van der Waals surface area (Å²) in [7, 11) is 0. The van der Waals surface area contributed by atoms with Gasteiger partial charge in [-0.3, -0.25) is 0 Å². The highest BCUT2D eigenvalue weighted by atomic mass is 79.9. The predicted octanol–water partition coefficient (Wildman–Crippen LogP) is 4.53. The van der Waals surface area contributed by atoms with Crippen LogP contribution in [0.2, 0.25) is 0 Å². The van der Waals surface area contributed by atoms with Gasteiger partial charge in [-0.25, -0.2) is 13.2 Å². The zero-order valence-corrected chi connectivity index (χ0v) is 10.8. The van der Waals surface area contributed by atoms with Gasteiger partial charge in [0.15, 0.2) is 17.4 Å². The van der Waals surface area contributed by atoms with Crippen molar-refractivity contribution in [3.05, 3.63) is 57.8 Å². The summed E-state index contributed by atoms with van der Waals surface area (Å²) in [4.78, 5) is 0. The van der Waals surface area contributed by atoms with Gasteiger partial charge in [-0.05, 0) is 46.3 Å². The van der Waals surface area contributed by atoms with E-state index in [0.717, 1.165) is 18.2 Å². The summed E-state index contributed by atoms with van der Waals surface area (Å²) in [6.45, 7) is 0. The minimum atomic E-state index is -1.00. The number of halogens is 4. The summed E-state index contributed by atoms with van der Waals surface area (Å²) in [5.74, 6) is -3.10. The van der Waals surface area contributed by atoms with Crippen LogP contribution < -0.4 is 4.74 Å². The van der Waals surface area contributed by atoms with Gasteiger partial charge in [-0.2, -0.15) is 5.26 Å². The second-order valence-electron chi connectivity index (χ2n) is 3.56. The lowest BCUT2D eigenvalue weighted by Crippen LogP contribution is -1.94. The lowest BCUT2D eigenvalue weighted by Gasteiger charge is -2.08. The quantitative estimate of drug-likeness (QED) is 0.811. The maximum atomic E-state index is 13.6. The molecule has 0 saturated heterocycles. The molecule has 2 nitrogen and oxygen atoms in total. The highest BCUT2D eigenvalue weighted by Crippen LogP contribution is 2.30. The van der Waals surface area contributed by atoms with Crippen LogP contribution in [0.5, 0.6) is 11.5 Å². The van der Waals surface area contributed by atoms with Gasteiger partial charge in [0.25, 0.3) is 0 Å². The number of ether oxygens (including phenoxy) is 1. The van der Waals surface area contributed by atoms with Gasteiger partial charge in [0.05, 0.1) is 16.1 Å². The highest BCUT2D eigenvalue weighted by molar-refractivity contribution is 9.10. The molecular formula is C13H5BrF3NO. The Bertz CT molecular complexity index is 659. The molecule has 6 heteroatoms. The molecule has 0 aliphatic carbocycles. The van der Waals surface area contributed by atoms with Crippen LogP contribution in [0.4, 0.5) is 13.2 Å². The molecule has 0 spiro atoms. The van der Waals surface area contributed by atoms with Crippen LogP contribution >= 0.6 is 15.9 Å². The molecule has 0 aromatic heterocycles. The molecule has 0 saturated carbocycles. The fraction of sp³-hybridized carbons (Fsp3) is 0. The molecule has 0 aliphatic rings. The van der Waals surface area contributed by atoms with E-state index in [4.69, 9.17) is 10.00 Å². The van der Waals surface area contributed by atoms with E-state index < -0.39 is 23.2 Å². The molecule has 0 amide bonds. The van der Waals surface area contributed by atoms with Crippen LogP contribution in [-0.4, -0.2) is 0 Å². The van der Waals surface area contributed by atoms with Crippen LogP contribution in [0.1, 0.15) is 5.56 Å². The van der Waals surface area contributed by atoms with Gasteiger partial charge >= 0.3 is 0 Å². The van der Waals surface area contributed by atoms with E-state index in [2.05, 4.69) is 15.9 Å². The number of benzene rings is 2. The van der Waals surface area contributed by atoms with Crippen molar-refractivity contribution in [2.24, 2.45) is 0 Å². The van der Waals surface area contributed by atoms with Crippen molar-refractivity contribution >= 4 is 15.9 Å². The first kappa shape index (κ1) is 13.4. The van der Waals surface area contributed by atoms with Crippen molar-refractivity contribution in [3.8, 4) is 17.6 Å². The molecule has 19 heavy (non-hydrogen) atoms. The average molecular weight is 328 g/mol. The van der Waals surface area contributed by atoms with Crippen molar-refractivity contribution in [2.75, 3.05) is 0 Å². The monoisotopic (exact) mass is 327 g/mol. The van der Waals surface area contributed by atoms with E-state index in [-0.39, 0.29) is 15.8 Å². The molecule has 0 aliphatic heterocycles. The number of hydrogen-bond donors (Lipinski definition) is 0. The van der Waals surface area contributed by atoms with Gasteiger partial charge in [-0.1, -0.05) is 0 Å². The average Bonchev–Trinajstić information content (AvgIpc) is 2.37. The van der Waals surface area contributed by atoms with Crippen LogP contribution in [-0.2, 0) is 0 Å². The van der Waals surface area contributed by atoms with Gasteiger partial charge in [0.1, 0.15) is 11.6 Å². The van der Waals surface area contributed by atoms with Gasteiger partial charge in [0.2, 0.25) is 0 Å². The minimum absolute atomic E-state index is 0.0655. The van der Waals surface area contributed by atoms with Crippen LogP contribution in [0, 0.1) is 28.8 Å². The van der Waals surface area contributed by atoms with Gasteiger partial charge < -0.3 is 4.74 Å². The fourth-order valence-electron chi connectivity index (χ4n) is 1.38. The first-order valence-corrected chi connectivity index (χ1v) is 5.82. The Morgan fingerprint density at radius 3 is 2.16 bits per heavy atom. The second-order valence-corrected chi connectivity index (χ2v) is 4.41. The fourth-order valence-corrected chi connectivity index (χ4v) is 1.74. The third-order valence-corrected chi connectivity index (χ3v) is 2.85. The Kier molecular flexibility index (Phi) is 3.76. The third kappa shape index (κ3) is 2.88. The summed E-state index contributed by atoms with van der Waals surface area (Å²) in [5.41, 5.74) is -0.150. The SMILES string of the molecule is N#Cc1cc(F)c(Oc2ccc(F)c(Br)c2)c(F)c1. The lowest BCUT2D eigenvalue weighted by atomic mass is 10.2. The van der Waals surface area contributed by atoms with Crippen molar-refractivity contribution in [1.82, 2.24) is 0 Å². The molecule has 0 unspecified atom stereocenters. The highest BCUT2D eigenvalue weighted by Gasteiger charge is 2.14. The van der Waals surface area contributed by atoms with E-state index in [1.54, 1.807) is 6.07 Å². The van der Waals surface area contributed by atoms with Crippen LogP contribution in [0.25, 0.3) is 0 Å². The van der Waals surface area contributed by atoms with Crippen molar-refractivity contribution in [1.29, 1.82) is 5.26 Å². The smallest absolute Gasteiger partial charge is 0.198 e. The first-order valence-electron chi connectivity index (χ1n) is 5.03. The summed E-state index contributed by atoms with van der Waals surface area (Å²) in [6, 6.07) is 6.91. The van der Waals surface area contributed by atoms with Crippen LogP contribution in [0.15, 0.2) is 34.8 Å². The van der Waals surface area contributed by atoms with E-state index >= 15 is 0 Å². The Morgan fingerprint density at radius 2 is 1.63 bits per heavy atom. The second kappa shape index (κ2) is 5.33. The number of hydrogen-bond acceptors (Lipinski definition) is 2. The van der Waals surface area contributed by atoms with Gasteiger partial charge in [-0.15, -0.1) is 0 Å². The van der Waals surface area contributed by atoms with Crippen LogP contribution in [0.3, 0.4) is 0 Å². The van der Waals surface area contributed by atoms with E-state index in [9.17, 15) is 13.2 Å². The standard InChI is InChI=1S/C13H5BrF3NO/c14-9-5-8(1-2-10(9)15)19-13-11(16)3-7(6-18)4-12(13)17/h1-5H. The summed E-state index contributed by atoms with van der Waals surface area (Å²) >= 11 is 2.93. The Labute approximate surface area is 115 Å². The molecule has 0 heterocycles. The number of rotatable bonds is 2. The maximum absolute atomic E-state index is 13.6. The van der Waals surface area contributed by atoms with E-state index in [1.165, 1.54) is 12.1 Å². The van der Waals surface area contributed by atoms with Crippen molar-refractivity contribution in [2.45, 2.75) is 0 Å². The zero-order valence-electron chi connectivity index (χ0n) is 9.25. The summed E-state index contributed by atoms with van der Waals surface area (Å²) < 4.78 is 45.3. The van der Waals surface area contributed by atoms with E-state index in [1.807, 2.05) is 0 Å². The topological polar surface area (TPSA) is 33.0 Å². The number of nitriles is 1. The van der Waals surface area contributed by atoms with Crippen molar-refractivity contribution in [3.63, 3.8) is 0 Å². The summed E-state index contributed by atoms with van der Waals surface area (Å²) in [6.07, 6.45) is 0. The van der Waals surface area contributed by atoms with Gasteiger partial charge in [0, 0.05) is 0 Å². The van der Waals surface area contributed by atoms with Crippen molar-refractivity contribution < 1.29 is 17.9 Å². The molecule has 0 bridgehead atoms. The molecule has 2 aromatic rings. The molecule has 2 aromatic carbocycles. The Hall–Kier alpha value is -2.00. The first-order chi connectivity index (χ1) is 9.01. The maximum Gasteiger partial charge on any atom is 0.198 e. The molecular weight excluding hydrogens is 323 g/mol. The Morgan fingerprint density at radius 1 is 1.00 bits per heavy atom. The normalized spacial score (nSPS) is 10.1. The predicted molar refractivity (Wildman–Crippen MR) is 65.2 cm³/mol. The molecule has 0 atom stereocenters. The Balaban J connectivity index is 2.38. The van der Waals surface area contributed by atoms with E-state index in [0.29, 0.717) is 0 Å². The zero-order chi connectivity index (χ0) is 14.0. The largest absolute Gasteiger partial charge is 0.451 e. The summed E-state index contributed by atoms with van der Waals surface area (Å²) in [5, 5.41) is 8.56. The molecule has 2 rings (SSSR count). The number of nitrogens with zero attached hydrogens (tertiary/aromatic N) is 1. The molecule has 0 N–H and O–H groups in total. The third-order valence-electron chi connectivity index (χ3n) is 2.24.